The fourth-order valence-corrected chi connectivity index (χ4v) is 2.49. The molecule has 1 aliphatic heterocycles. The summed E-state index contributed by atoms with van der Waals surface area (Å²) in [6.07, 6.45) is 7.73. The molecule has 0 spiro atoms. The molecule has 0 saturated carbocycles. The van der Waals surface area contributed by atoms with Gasteiger partial charge in [-0.25, -0.2) is 9.97 Å². The fraction of sp³-hybridized carbons (Fsp3) is 0.714. The third-order valence-electron chi connectivity index (χ3n) is 3.65. The molecule has 0 bridgehead atoms. The summed E-state index contributed by atoms with van der Waals surface area (Å²) >= 11 is 0. The molecule has 2 rings (SSSR count). The number of anilines is 1. The van der Waals surface area contributed by atoms with Crippen LogP contribution < -0.4 is 10.2 Å². The molecule has 100 valence electrons. The van der Waals surface area contributed by atoms with E-state index in [0.717, 1.165) is 19.0 Å². The average Bonchev–Trinajstić information content (AvgIpc) is 2.40. The van der Waals surface area contributed by atoms with Crippen molar-refractivity contribution < 1.29 is 0 Å². The maximum Gasteiger partial charge on any atom is 0.225 e. The molecule has 18 heavy (non-hydrogen) atoms. The van der Waals surface area contributed by atoms with Gasteiger partial charge in [-0.3, -0.25) is 0 Å². The Hall–Kier alpha value is -1.16. The SMILES string of the molecule is CNCC1CCCCN1c1ncc(C(C)C)cn1. The van der Waals surface area contributed by atoms with Crippen LogP contribution in [-0.2, 0) is 0 Å². The molecule has 0 aliphatic carbocycles. The summed E-state index contributed by atoms with van der Waals surface area (Å²) in [4.78, 5) is 11.4. The summed E-state index contributed by atoms with van der Waals surface area (Å²) < 4.78 is 0. The molecule has 4 heteroatoms. The quantitative estimate of drug-likeness (QED) is 0.886. The van der Waals surface area contributed by atoms with Crippen LogP contribution in [0.15, 0.2) is 12.4 Å². The molecule has 1 atom stereocenters. The van der Waals surface area contributed by atoms with Gasteiger partial charge in [0.05, 0.1) is 0 Å². The first-order valence-electron chi connectivity index (χ1n) is 6.95. The molecule has 1 aliphatic rings. The topological polar surface area (TPSA) is 41.0 Å². The van der Waals surface area contributed by atoms with Gasteiger partial charge in [0.2, 0.25) is 5.95 Å². The van der Waals surface area contributed by atoms with E-state index in [1.807, 2.05) is 19.4 Å². The maximum absolute atomic E-state index is 4.54. The van der Waals surface area contributed by atoms with E-state index >= 15 is 0 Å². The Morgan fingerprint density at radius 3 is 2.67 bits per heavy atom. The monoisotopic (exact) mass is 248 g/mol. The van der Waals surface area contributed by atoms with Crippen molar-refractivity contribution >= 4 is 5.95 Å². The molecule has 2 heterocycles. The van der Waals surface area contributed by atoms with Crippen molar-refractivity contribution in [3.63, 3.8) is 0 Å². The first kappa shape index (κ1) is 13.3. The van der Waals surface area contributed by atoms with Crippen molar-refractivity contribution in [1.82, 2.24) is 15.3 Å². The van der Waals surface area contributed by atoms with E-state index in [-0.39, 0.29) is 0 Å². The Balaban J connectivity index is 2.12. The number of hydrogen-bond donors (Lipinski definition) is 1. The summed E-state index contributed by atoms with van der Waals surface area (Å²) in [7, 11) is 2.01. The molecular weight excluding hydrogens is 224 g/mol. The molecule has 1 N–H and O–H groups in total. The number of rotatable bonds is 4. The Morgan fingerprint density at radius 2 is 2.06 bits per heavy atom. The van der Waals surface area contributed by atoms with Gasteiger partial charge in [-0.2, -0.15) is 0 Å². The van der Waals surface area contributed by atoms with Crippen LogP contribution >= 0.6 is 0 Å². The lowest BCUT2D eigenvalue weighted by atomic mass is 10.0. The Morgan fingerprint density at radius 1 is 1.33 bits per heavy atom. The van der Waals surface area contributed by atoms with Crippen LogP contribution in [0.25, 0.3) is 0 Å². The van der Waals surface area contributed by atoms with E-state index in [1.54, 1.807) is 0 Å². The van der Waals surface area contributed by atoms with Gasteiger partial charge in [-0.15, -0.1) is 0 Å². The largest absolute Gasteiger partial charge is 0.337 e. The molecule has 4 nitrogen and oxygen atoms in total. The van der Waals surface area contributed by atoms with Gasteiger partial charge in [0, 0.05) is 31.5 Å². The van der Waals surface area contributed by atoms with Gasteiger partial charge in [0.1, 0.15) is 0 Å². The van der Waals surface area contributed by atoms with Gasteiger partial charge in [-0.05, 0) is 37.8 Å². The molecule has 0 amide bonds. The fourth-order valence-electron chi connectivity index (χ4n) is 2.49. The van der Waals surface area contributed by atoms with Crippen LogP contribution in [0.1, 0.15) is 44.6 Å². The zero-order valence-corrected chi connectivity index (χ0v) is 11.7. The van der Waals surface area contributed by atoms with Crippen molar-refractivity contribution in [3.05, 3.63) is 18.0 Å². The summed E-state index contributed by atoms with van der Waals surface area (Å²) in [6, 6.07) is 0.536. The molecule has 1 aromatic rings. The summed E-state index contributed by atoms with van der Waals surface area (Å²) in [5.41, 5.74) is 1.21. The number of hydrogen-bond acceptors (Lipinski definition) is 4. The zero-order valence-electron chi connectivity index (χ0n) is 11.7. The van der Waals surface area contributed by atoms with E-state index in [0.29, 0.717) is 12.0 Å². The maximum atomic E-state index is 4.54. The lowest BCUT2D eigenvalue weighted by molar-refractivity contribution is 0.440. The highest BCUT2D eigenvalue weighted by Crippen LogP contribution is 2.22. The van der Waals surface area contributed by atoms with Crippen LogP contribution in [0.3, 0.4) is 0 Å². The minimum atomic E-state index is 0.494. The predicted octanol–water partition coefficient (Wildman–Crippen LogP) is 2.18. The van der Waals surface area contributed by atoms with Gasteiger partial charge >= 0.3 is 0 Å². The predicted molar refractivity (Wildman–Crippen MR) is 75.0 cm³/mol. The number of aromatic nitrogens is 2. The smallest absolute Gasteiger partial charge is 0.225 e. The number of piperidine rings is 1. The number of likely N-dealkylation sites (N-methyl/N-ethyl adjacent to an activating group) is 1. The number of nitrogens with one attached hydrogen (secondary N) is 1. The third-order valence-corrected chi connectivity index (χ3v) is 3.65. The minimum Gasteiger partial charge on any atom is -0.337 e. The second kappa shape index (κ2) is 6.14. The summed E-state index contributed by atoms with van der Waals surface area (Å²) in [5, 5.41) is 3.27. The van der Waals surface area contributed by atoms with Gasteiger partial charge < -0.3 is 10.2 Å². The molecule has 1 unspecified atom stereocenters. The van der Waals surface area contributed by atoms with Gasteiger partial charge in [0.25, 0.3) is 0 Å². The summed E-state index contributed by atoms with van der Waals surface area (Å²) in [6.45, 7) is 6.43. The van der Waals surface area contributed by atoms with E-state index in [1.165, 1.54) is 24.8 Å². The first-order chi connectivity index (χ1) is 8.72. The van der Waals surface area contributed by atoms with Gasteiger partial charge in [-0.1, -0.05) is 13.8 Å². The van der Waals surface area contributed by atoms with Crippen molar-refractivity contribution in [2.45, 2.75) is 45.1 Å². The molecule has 0 aromatic carbocycles. The average molecular weight is 248 g/mol. The van der Waals surface area contributed by atoms with Crippen LogP contribution in [0.2, 0.25) is 0 Å². The molecule has 1 aromatic heterocycles. The van der Waals surface area contributed by atoms with E-state index in [4.69, 9.17) is 0 Å². The van der Waals surface area contributed by atoms with Crippen molar-refractivity contribution in [2.75, 3.05) is 25.0 Å². The highest BCUT2D eigenvalue weighted by atomic mass is 15.3. The standard InChI is InChI=1S/C14H24N4/c1-11(2)12-8-16-14(17-9-12)18-7-5-4-6-13(18)10-15-3/h8-9,11,13,15H,4-7,10H2,1-3H3. The Labute approximate surface area is 110 Å². The Kier molecular flexibility index (Phi) is 4.53. The second-order valence-electron chi connectivity index (χ2n) is 5.37. The highest BCUT2D eigenvalue weighted by molar-refractivity contribution is 5.33. The number of nitrogens with zero attached hydrogens (tertiary/aromatic N) is 3. The minimum absolute atomic E-state index is 0.494. The van der Waals surface area contributed by atoms with E-state index in [9.17, 15) is 0 Å². The van der Waals surface area contributed by atoms with E-state index in [2.05, 4.69) is 34.0 Å². The van der Waals surface area contributed by atoms with Crippen molar-refractivity contribution in [1.29, 1.82) is 0 Å². The molecule has 1 fully saturated rings. The lowest BCUT2D eigenvalue weighted by Crippen LogP contribution is -2.45. The van der Waals surface area contributed by atoms with Crippen LogP contribution in [-0.4, -0.2) is 36.1 Å². The van der Waals surface area contributed by atoms with Crippen LogP contribution in [0, 0.1) is 0 Å². The van der Waals surface area contributed by atoms with Gasteiger partial charge in [0.15, 0.2) is 0 Å². The molecule has 0 radical (unpaired) electrons. The third kappa shape index (κ3) is 2.99. The highest BCUT2D eigenvalue weighted by Gasteiger charge is 2.23. The second-order valence-corrected chi connectivity index (χ2v) is 5.37. The van der Waals surface area contributed by atoms with Crippen LogP contribution in [0.4, 0.5) is 5.95 Å². The first-order valence-corrected chi connectivity index (χ1v) is 6.95. The normalized spacial score (nSPS) is 20.4. The van der Waals surface area contributed by atoms with E-state index < -0.39 is 0 Å². The zero-order chi connectivity index (χ0) is 13.0. The molecular formula is C14H24N4. The van der Waals surface area contributed by atoms with Crippen molar-refractivity contribution in [2.24, 2.45) is 0 Å². The van der Waals surface area contributed by atoms with Crippen LogP contribution in [0.5, 0.6) is 0 Å². The van der Waals surface area contributed by atoms with Crippen molar-refractivity contribution in [3.8, 4) is 0 Å². The Bertz CT molecular complexity index is 359. The molecule has 1 saturated heterocycles. The lowest BCUT2D eigenvalue weighted by Gasteiger charge is -2.35. The summed E-state index contributed by atoms with van der Waals surface area (Å²) in [5.74, 6) is 1.38.